The molecule has 7 heteroatoms. The van der Waals surface area contributed by atoms with Gasteiger partial charge >= 0.3 is 0 Å². The molecule has 0 saturated carbocycles. The van der Waals surface area contributed by atoms with E-state index in [0.717, 1.165) is 10.6 Å². The van der Waals surface area contributed by atoms with Crippen LogP contribution < -0.4 is 4.74 Å². The molecule has 25 heavy (non-hydrogen) atoms. The summed E-state index contributed by atoms with van der Waals surface area (Å²) >= 11 is 1.46. The normalized spacial score (nSPS) is 11.7. The molecule has 2 rings (SSSR count). The Morgan fingerprint density at radius 2 is 2.04 bits per heavy atom. The predicted molar refractivity (Wildman–Crippen MR) is 99.9 cm³/mol. The van der Waals surface area contributed by atoms with Crippen LogP contribution in [0.2, 0.25) is 0 Å². The molecule has 0 amide bonds. The minimum absolute atomic E-state index is 0.0433. The van der Waals surface area contributed by atoms with Gasteiger partial charge < -0.3 is 4.74 Å². The average molecular weight is 382 g/mol. The van der Waals surface area contributed by atoms with Crippen LogP contribution in [0.5, 0.6) is 5.75 Å². The minimum atomic E-state index is -3.12. The van der Waals surface area contributed by atoms with Gasteiger partial charge in [-0.3, -0.25) is 4.79 Å². The van der Waals surface area contributed by atoms with Crippen molar-refractivity contribution >= 4 is 27.0 Å². The van der Waals surface area contributed by atoms with E-state index in [1.165, 1.54) is 17.6 Å². The Morgan fingerprint density at radius 3 is 2.64 bits per heavy atom. The van der Waals surface area contributed by atoms with Gasteiger partial charge in [-0.25, -0.2) is 13.4 Å². The third-order valence-corrected chi connectivity index (χ3v) is 4.99. The number of benzene rings is 1. The second kappa shape index (κ2) is 8.58. The number of hydrogen-bond donors (Lipinski definition) is 0. The zero-order valence-electron chi connectivity index (χ0n) is 14.7. The highest BCUT2D eigenvalue weighted by Gasteiger charge is 2.14. The van der Waals surface area contributed by atoms with Gasteiger partial charge in [0, 0.05) is 29.8 Å². The van der Waals surface area contributed by atoms with Gasteiger partial charge in [0.25, 0.3) is 0 Å². The van der Waals surface area contributed by atoms with Crippen LogP contribution in [0.15, 0.2) is 29.8 Å². The Morgan fingerprint density at radius 1 is 1.28 bits per heavy atom. The number of ether oxygens (including phenoxy) is 1. The van der Waals surface area contributed by atoms with Crippen molar-refractivity contribution in [3.8, 4) is 5.75 Å². The molecule has 1 heterocycles. The summed E-state index contributed by atoms with van der Waals surface area (Å²) in [6, 6.07) is 5.26. The van der Waals surface area contributed by atoms with E-state index in [4.69, 9.17) is 4.74 Å². The molecule has 0 spiro atoms. The number of rotatable bonds is 9. The van der Waals surface area contributed by atoms with Crippen molar-refractivity contribution in [1.29, 1.82) is 0 Å². The standard InChI is InChI=1S/C18H23NO4S2/c1-13(2)11-23-17-8-14(12-25(3,21)22)4-5-15(17)9-16(20)10-18-19-6-7-24-18/h4-8,13H,9-12H2,1-3H3. The van der Waals surface area contributed by atoms with Crippen molar-refractivity contribution in [1.82, 2.24) is 4.98 Å². The Labute approximate surface area is 153 Å². The van der Waals surface area contributed by atoms with Crippen LogP contribution in [0.3, 0.4) is 0 Å². The molecule has 2 aromatic rings. The predicted octanol–water partition coefficient (Wildman–Crippen LogP) is 3.08. The Bertz CT molecular complexity index is 812. The van der Waals surface area contributed by atoms with Gasteiger partial charge in [0.2, 0.25) is 0 Å². The zero-order chi connectivity index (χ0) is 18.4. The van der Waals surface area contributed by atoms with E-state index in [1.54, 1.807) is 24.4 Å². The molecule has 0 atom stereocenters. The van der Waals surface area contributed by atoms with Gasteiger partial charge in [0.1, 0.15) is 11.5 Å². The first-order valence-corrected chi connectivity index (χ1v) is 11.0. The maximum Gasteiger partial charge on any atom is 0.151 e. The Hall–Kier alpha value is -1.73. The smallest absolute Gasteiger partial charge is 0.151 e. The van der Waals surface area contributed by atoms with E-state index < -0.39 is 9.84 Å². The van der Waals surface area contributed by atoms with E-state index in [1.807, 2.05) is 19.2 Å². The van der Waals surface area contributed by atoms with Gasteiger partial charge in [0.15, 0.2) is 9.84 Å². The van der Waals surface area contributed by atoms with Gasteiger partial charge in [-0.2, -0.15) is 0 Å². The molecular weight excluding hydrogens is 358 g/mol. The highest BCUT2D eigenvalue weighted by Crippen LogP contribution is 2.24. The lowest BCUT2D eigenvalue weighted by Crippen LogP contribution is -2.11. The van der Waals surface area contributed by atoms with E-state index in [2.05, 4.69) is 4.98 Å². The van der Waals surface area contributed by atoms with Crippen molar-refractivity contribution in [3.63, 3.8) is 0 Å². The zero-order valence-corrected chi connectivity index (χ0v) is 16.3. The number of nitrogens with zero attached hydrogens (tertiary/aromatic N) is 1. The fourth-order valence-corrected chi connectivity index (χ4v) is 3.74. The second-order valence-electron chi connectivity index (χ2n) is 6.54. The lowest BCUT2D eigenvalue weighted by molar-refractivity contribution is -0.117. The maximum absolute atomic E-state index is 12.3. The number of thiazole rings is 1. The summed E-state index contributed by atoms with van der Waals surface area (Å²) in [7, 11) is -3.12. The first-order valence-electron chi connectivity index (χ1n) is 8.05. The van der Waals surface area contributed by atoms with Crippen molar-refractivity contribution < 1.29 is 17.9 Å². The van der Waals surface area contributed by atoms with Crippen LogP contribution in [-0.4, -0.2) is 32.0 Å². The van der Waals surface area contributed by atoms with Gasteiger partial charge in [-0.15, -0.1) is 11.3 Å². The number of ketones is 1. The number of carbonyl (C=O) groups is 1. The molecule has 1 aromatic heterocycles. The highest BCUT2D eigenvalue weighted by molar-refractivity contribution is 7.89. The van der Waals surface area contributed by atoms with Crippen LogP contribution in [0, 0.1) is 5.92 Å². The topological polar surface area (TPSA) is 73.3 Å². The van der Waals surface area contributed by atoms with Crippen LogP contribution in [-0.2, 0) is 33.2 Å². The van der Waals surface area contributed by atoms with E-state index >= 15 is 0 Å². The first kappa shape index (κ1) is 19.6. The molecule has 5 nitrogen and oxygen atoms in total. The fourth-order valence-electron chi connectivity index (χ4n) is 2.31. The third-order valence-electron chi connectivity index (χ3n) is 3.35. The van der Waals surface area contributed by atoms with Crippen LogP contribution in [0.25, 0.3) is 0 Å². The van der Waals surface area contributed by atoms with Gasteiger partial charge in [0.05, 0.1) is 23.8 Å². The van der Waals surface area contributed by atoms with Crippen LogP contribution in [0.4, 0.5) is 0 Å². The van der Waals surface area contributed by atoms with Crippen molar-refractivity contribution in [2.24, 2.45) is 5.92 Å². The summed E-state index contributed by atoms with van der Waals surface area (Å²) in [5, 5.41) is 2.64. The molecule has 0 fully saturated rings. The molecular formula is C18H23NO4S2. The Kier molecular flexibility index (Phi) is 6.72. The first-order chi connectivity index (χ1) is 11.7. The summed E-state index contributed by atoms with van der Waals surface area (Å²) in [6.45, 7) is 4.58. The van der Waals surface area contributed by atoms with Crippen molar-refractivity contribution in [2.75, 3.05) is 12.9 Å². The van der Waals surface area contributed by atoms with Gasteiger partial charge in [-0.1, -0.05) is 26.0 Å². The number of aromatic nitrogens is 1. The van der Waals surface area contributed by atoms with Crippen molar-refractivity contribution in [3.05, 3.63) is 45.9 Å². The summed E-state index contributed by atoms with van der Waals surface area (Å²) in [5.74, 6) is 0.929. The van der Waals surface area contributed by atoms with E-state index in [9.17, 15) is 13.2 Å². The molecule has 0 aliphatic rings. The Balaban J connectivity index is 2.17. The van der Waals surface area contributed by atoms with Crippen LogP contribution in [0.1, 0.15) is 30.0 Å². The quantitative estimate of drug-likeness (QED) is 0.667. The van der Waals surface area contributed by atoms with Crippen molar-refractivity contribution in [2.45, 2.75) is 32.4 Å². The molecule has 0 unspecified atom stereocenters. The molecule has 0 saturated heterocycles. The molecule has 0 aliphatic carbocycles. The maximum atomic E-state index is 12.3. The summed E-state index contributed by atoms with van der Waals surface area (Å²) in [6.07, 6.45) is 3.43. The summed E-state index contributed by atoms with van der Waals surface area (Å²) < 4.78 is 28.9. The lowest BCUT2D eigenvalue weighted by Gasteiger charge is -2.14. The number of hydrogen-bond acceptors (Lipinski definition) is 6. The van der Waals surface area contributed by atoms with Crippen LogP contribution >= 0.6 is 11.3 Å². The van der Waals surface area contributed by atoms with E-state index in [0.29, 0.717) is 30.3 Å². The lowest BCUT2D eigenvalue weighted by atomic mass is 10.0. The molecule has 1 aromatic carbocycles. The molecule has 0 N–H and O–H groups in total. The summed E-state index contributed by atoms with van der Waals surface area (Å²) in [5.41, 5.74) is 1.44. The number of Topliss-reactive ketones (excluding diaryl/α,β-unsaturated/α-hetero) is 1. The molecule has 0 bridgehead atoms. The second-order valence-corrected chi connectivity index (χ2v) is 9.65. The van der Waals surface area contributed by atoms with Gasteiger partial charge in [-0.05, 0) is 17.5 Å². The fraction of sp³-hybridized carbons (Fsp3) is 0.444. The SMILES string of the molecule is CC(C)COc1cc(CS(C)(=O)=O)ccc1CC(=O)Cc1nccs1. The molecule has 0 aliphatic heterocycles. The molecule has 136 valence electrons. The largest absolute Gasteiger partial charge is 0.493 e. The number of carbonyl (C=O) groups excluding carboxylic acids is 1. The summed E-state index contributed by atoms with van der Waals surface area (Å²) in [4.78, 5) is 16.4. The highest BCUT2D eigenvalue weighted by atomic mass is 32.2. The van der Waals surface area contributed by atoms with E-state index in [-0.39, 0.29) is 18.0 Å². The monoisotopic (exact) mass is 381 g/mol. The minimum Gasteiger partial charge on any atom is -0.493 e. The average Bonchev–Trinajstić information content (AvgIpc) is 2.98. The molecule has 0 radical (unpaired) electrons. The number of sulfone groups is 1. The third kappa shape index (κ3) is 6.96.